The summed E-state index contributed by atoms with van der Waals surface area (Å²) in [6.45, 7) is 5.08. The summed E-state index contributed by atoms with van der Waals surface area (Å²) in [5.41, 5.74) is 6.96. The van der Waals surface area contributed by atoms with Gasteiger partial charge in [0.2, 0.25) is 0 Å². The first-order chi connectivity index (χ1) is 7.00. The second kappa shape index (κ2) is 3.49. The molecule has 0 aromatic heterocycles. The molecule has 0 bridgehead atoms. The fraction of sp³-hybridized carbons (Fsp3) is 0.500. The summed E-state index contributed by atoms with van der Waals surface area (Å²) >= 11 is 3.50. The Kier molecular flexibility index (Phi) is 2.55. The number of nitrogens with two attached hydrogens (primary N) is 1. The Hall–Kier alpha value is -0.540. The van der Waals surface area contributed by atoms with Crippen LogP contribution in [0.5, 0.6) is 5.75 Å². The van der Waals surface area contributed by atoms with Gasteiger partial charge in [-0.2, -0.15) is 0 Å². The van der Waals surface area contributed by atoms with Gasteiger partial charge < -0.3 is 10.8 Å². The van der Waals surface area contributed by atoms with Crippen LogP contribution >= 0.6 is 15.9 Å². The third-order valence-corrected chi connectivity index (χ3v) is 4.34. The number of phenolic OH excluding ortho intramolecular Hbond substituents is 1. The molecular weight excluding hydrogens is 254 g/mol. The number of hydrogen-bond donors (Lipinski definition) is 2. The van der Waals surface area contributed by atoms with Crippen molar-refractivity contribution in [2.45, 2.75) is 19.8 Å². The average Bonchev–Trinajstić information content (AvgIpc) is 2.68. The first-order valence-electron chi connectivity index (χ1n) is 5.17. The van der Waals surface area contributed by atoms with Crippen LogP contribution in [0, 0.1) is 11.3 Å². The van der Waals surface area contributed by atoms with E-state index in [0.717, 1.165) is 10.0 Å². The molecule has 2 nitrogen and oxygen atoms in total. The van der Waals surface area contributed by atoms with Crippen molar-refractivity contribution in [3.63, 3.8) is 0 Å². The first kappa shape index (κ1) is 11.0. The minimum Gasteiger partial charge on any atom is -0.508 e. The monoisotopic (exact) mass is 269 g/mol. The maximum atomic E-state index is 9.88. The van der Waals surface area contributed by atoms with E-state index in [0.29, 0.717) is 24.1 Å². The second-order valence-electron chi connectivity index (χ2n) is 4.81. The van der Waals surface area contributed by atoms with Crippen LogP contribution in [0.2, 0.25) is 0 Å². The molecule has 0 heterocycles. The number of rotatable bonds is 2. The van der Waals surface area contributed by atoms with E-state index in [2.05, 4.69) is 29.8 Å². The second-order valence-corrected chi connectivity index (χ2v) is 5.67. The molecule has 0 saturated heterocycles. The third-order valence-electron chi connectivity index (χ3n) is 3.65. The zero-order valence-corrected chi connectivity index (χ0v) is 10.6. The van der Waals surface area contributed by atoms with Crippen molar-refractivity contribution in [3.05, 3.63) is 28.2 Å². The average molecular weight is 270 g/mol. The molecule has 2 atom stereocenters. The smallest absolute Gasteiger partial charge is 0.120 e. The van der Waals surface area contributed by atoms with Crippen LogP contribution in [0.4, 0.5) is 0 Å². The molecule has 0 spiro atoms. The van der Waals surface area contributed by atoms with Crippen LogP contribution in [0.3, 0.4) is 0 Å². The van der Waals surface area contributed by atoms with E-state index in [-0.39, 0.29) is 5.41 Å². The minimum atomic E-state index is 0.204. The molecule has 0 aliphatic heterocycles. The normalized spacial score (nSPS) is 27.7. The maximum Gasteiger partial charge on any atom is 0.120 e. The summed E-state index contributed by atoms with van der Waals surface area (Å²) in [6.07, 6.45) is 0. The van der Waals surface area contributed by atoms with Gasteiger partial charge in [-0.1, -0.05) is 35.8 Å². The number of aromatic hydroxyl groups is 1. The van der Waals surface area contributed by atoms with Crippen molar-refractivity contribution < 1.29 is 5.11 Å². The van der Waals surface area contributed by atoms with Crippen molar-refractivity contribution in [2.75, 3.05) is 6.54 Å². The van der Waals surface area contributed by atoms with Gasteiger partial charge in [0, 0.05) is 10.0 Å². The minimum absolute atomic E-state index is 0.204. The van der Waals surface area contributed by atoms with E-state index in [4.69, 9.17) is 5.73 Å². The molecule has 3 heteroatoms. The van der Waals surface area contributed by atoms with Gasteiger partial charge in [-0.25, -0.2) is 0 Å². The van der Waals surface area contributed by atoms with Gasteiger partial charge in [-0.05, 0) is 35.9 Å². The molecule has 15 heavy (non-hydrogen) atoms. The fourth-order valence-corrected chi connectivity index (χ4v) is 3.19. The summed E-state index contributed by atoms with van der Waals surface area (Å²) in [4.78, 5) is 0. The molecule has 1 aliphatic carbocycles. The number of halogens is 1. The Morgan fingerprint density at radius 1 is 1.47 bits per heavy atom. The molecule has 1 fully saturated rings. The highest BCUT2D eigenvalue weighted by molar-refractivity contribution is 9.10. The molecule has 1 saturated carbocycles. The number of benzene rings is 1. The molecule has 0 amide bonds. The van der Waals surface area contributed by atoms with E-state index in [1.165, 1.54) is 0 Å². The highest BCUT2D eigenvalue weighted by Crippen LogP contribution is 2.66. The van der Waals surface area contributed by atoms with E-state index >= 15 is 0 Å². The van der Waals surface area contributed by atoms with E-state index in [1.807, 2.05) is 12.1 Å². The number of phenols is 1. The van der Waals surface area contributed by atoms with E-state index in [9.17, 15) is 5.11 Å². The molecule has 2 unspecified atom stereocenters. The summed E-state index contributed by atoms with van der Waals surface area (Å²) < 4.78 is 0.983. The van der Waals surface area contributed by atoms with Crippen molar-refractivity contribution in [1.29, 1.82) is 0 Å². The lowest BCUT2D eigenvalue weighted by Gasteiger charge is -2.08. The molecule has 1 aromatic rings. The first-order valence-corrected chi connectivity index (χ1v) is 5.97. The Morgan fingerprint density at radius 3 is 2.60 bits per heavy atom. The molecule has 3 N–H and O–H groups in total. The van der Waals surface area contributed by atoms with Gasteiger partial charge in [-0.3, -0.25) is 0 Å². The molecular formula is C12H16BrNO. The largest absolute Gasteiger partial charge is 0.508 e. The van der Waals surface area contributed by atoms with Gasteiger partial charge in [0.25, 0.3) is 0 Å². The SMILES string of the molecule is CC1(C)C(CN)C1c1c(O)cccc1Br. The lowest BCUT2D eigenvalue weighted by atomic mass is 10.0. The Balaban J connectivity index is 2.41. The fourth-order valence-electron chi connectivity index (χ4n) is 2.59. The van der Waals surface area contributed by atoms with Gasteiger partial charge in [0.15, 0.2) is 0 Å². The van der Waals surface area contributed by atoms with Crippen LogP contribution in [0.25, 0.3) is 0 Å². The van der Waals surface area contributed by atoms with Crippen molar-refractivity contribution >= 4 is 15.9 Å². The standard InChI is InChI=1S/C12H16BrNO/c1-12(2)7(6-14)11(12)10-8(13)4-3-5-9(10)15/h3-5,7,11,15H,6,14H2,1-2H3. The highest BCUT2D eigenvalue weighted by atomic mass is 79.9. The topological polar surface area (TPSA) is 46.2 Å². The zero-order chi connectivity index (χ0) is 11.2. The number of hydrogen-bond acceptors (Lipinski definition) is 2. The van der Waals surface area contributed by atoms with Gasteiger partial charge in [0.05, 0.1) is 0 Å². The molecule has 1 aliphatic rings. The molecule has 0 radical (unpaired) electrons. The van der Waals surface area contributed by atoms with Gasteiger partial charge in [-0.15, -0.1) is 0 Å². The Bertz CT molecular complexity index is 369. The van der Waals surface area contributed by atoms with E-state index in [1.54, 1.807) is 6.07 Å². The van der Waals surface area contributed by atoms with Gasteiger partial charge in [0.1, 0.15) is 5.75 Å². The molecule has 1 aromatic carbocycles. The zero-order valence-electron chi connectivity index (χ0n) is 9.00. The highest BCUT2D eigenvalue weighted by Gasteiger charge is 2.58. The predicted molar refractivity (Wildman–Crippen MR) is 64.9 cm³/mol. The Labute approximate surface area is 98.6 Å². The van der Waals surface area contributed by atoms with Crippen LogP contribution < -0.4 is 5.73 Å². The predicted octanol–water partition coefficient (Wildman–Crippen LogP) is 2.85. The lowest BCUT2D eigenvalue weighted by Crippen LogP contribution is -2.05. The molecule has 82 valence electrons. The van der Waals surface area contributed by atoms with Crippen LogP contribution in [0.15, 0.2) is 22.7 Å². The summed E-state index contributed by atoms with van der Waals surface area (Å²) in [7, 11) is 0. The summed E-state index contributed by atoms with van der Waals surface area (Å²) in [5.74, 6) is 1.22. The van der Waals surface area contributed by atoms with Gasteiger partial charge >= 0.3 is 0 Å². The third kappa shape index (κ3) is 1.58. The van der Waals surface area contributed by atoms with Crippen molar-refractivity contribution in [1.82, 2.24) is 0 Å². The molecule has 2 rings (SSSR count). The Morgan fingerprint density at radius 2 is 2.13 bits per heavy atom. The van der Waals surface area contributed by atoms with Crippen molar-refractivity contribution in [3.8, 4) is 5.75 Å². The lowest BCUT2D eigenvalue weighted by molar-refractivity contribution is 0.463. The summed E-state index contributed by atoms with van der Waals surface area (Å²) in [5, 5.41) is 9.88. The van der Waals surface area contributed by atoms with E-state index < -0.39 is 0 Å². The quantitative estimate of drug-likeness (QED) is 0.868. The maximum absolute atomic E-state index is 9.88. The van der Waals surface area contributed by atoms with Crippen molar-refractivity contribution in [2.24, 2.45) is 17.1 Å². The van der Waals surface area contributed by atoms with Crippen LogP contribution in [0.1, 0.15) is 25.3 Å². The van der Waals surface area contributed by atoms with Crippen LogP contribution in [-0.2, 0) is 0 Å². The van der Waals surface area contributed by atoms with Crippen LogP contribution in [-0.4, -0.2) is 11.7 Å². The summed E-state index contributed by atoms with van der Waals surface area (Å²) in [6, 6.07) is 5.55.